The molecule has 0 radical (unpaired) electrons. The van der Waals surface area contributed by atoms with E-state index in [2.05, 4.69) is 27.9 Å². The molecular formula is C9H16INO. The summed E-state index contributed by atoms with van der Waals surface area (Å²) in [5, 5.41) is 3.03. The summed E-state index contributed by atoms with van der Waals surface area (Å²) in [6.07, 6.45) is 6.34. The lowest BCUT2D eigenvalue weighted by Gasteiger charge is -2.20. The van der Waals surface area contributed by atoms with Crippen LogP contribution in [0.2, 0.25) is 0 Å². The van der Waals surface area contributed by atoms with E-state index in [-0.39, 0.29) is 5.91 Å². The van der Waals surface area contributed by atoms with Crippen LogP contribution in [-0.4, -0.2) is 15.9 Å². The maximum absolute atomic E-state index is 10.9. The zero-order chi connectivity index (χ0) is 8.97. The second-order valence-electron chi connectivity index (χ2n) is 3.46. The van der Waals surface area contributed by atoms with Crippen LogP contribution in [0, 0.1) is 0 Å². The average Bonchev–Trinajstić information content (AvgIpc) is 2.16. The first-order valence-corrected chi connectivity index (χ1v) is 5.86. The van der Waals surface area contributed by atoms with Gasteiger partial charge >= 0.3 is 0 Å². The van der Waals surface area contributed by atoms with Crippen LogP contribution in [0.5, 0.6) is 0 Å². The summed E-state index contributed by atoms with van der Waals surface area (Å²) in [7, 11) is 0. The Balaban J connectivity index is 2.41. The Labute approximate surface area is 87.6 Å². The third-order valence-electron chi connectivity index (χ3n) is 2.32. The number of carbonyl (C=O) groups excluding carboxylic acids is 1. The number of carbonyl (C=O) groups is 1. The van der Waals surface area contributed by atoms with Crippen LogP contribution >= 0.6 is 22.6 Å². The van der Waals surface area contributed by atoms with Crippen molar-refractivity contribution in [1.29, 1.82) is 0 Å². The number of alkyl halides is 1. The molecule has 3 heteroatoms. The Kier molecular flexibility index (Phi) is 4.32. The lowest BCUT2D eigenvalue weighted by atomic mass is 10.1. The molecule has 70 valence electrons. The molecule has 1 saturated carbocycles. The van der Waals surface area contributed by atoms with E-state index in [1.807, 2.05) is 0 Å². The largest absolute Gasteiger partial charge is 0.353 e. The lowest BCUT2D eigenvalue weighted by molar-refractivity contribution is -0.119. The van der Waals surface area contributed by atoms with Crippen molar-refractivity contribution < 1.29 is 4.79 Å². The van der Waals surface area contributed by atoms with E-state index in [4.69, 9.17) is 0 Å². The van der Waals surface area contributed by atoms with Gasteiger partial charge in [-0.05, 0) is 12.8 Å². The van der Waals surface area contributed by atoms with Gasteiger partial charge in [0.1, 0.15) is 0 Å². The van der Waals surface area contributed by atoms with Crippen LogP contribution in [0.3, 0.4) is 0 Å². The Bertz CT molecular complexity index is 161. The second-order valence-corrected chi connectivity index (χ2v) is 5.06. The fourth-order valence-corrected chi connectivity index (χ4v) is 2.67. The van der Waals surface area contributed by atoms with Crippen LogP contribution < -0.4 is 5.32 Å². The molecule has 0 aromatic carbocycles. The Morgan fingerprint density at radius 2 is 2.00 bits per heavy atom. The highest BCUT2D eigenvalue weighted by atomic mass is 127. The molecule has 1 aliphatic rings. The number of halogens is 1. The SMILES string of the molecule is CC(=O)N[C@@H]1CCCCC[C@H]1I. The fourth-order valence-electron chi connectivity index (χ4n) is 1.69. The summed E-state index contributed by atoms with van der Waals surface area (Å²) in [6.45, 7) is 1.61. The van der Waals surface area contributed by atoms with Crippen molar-refractivity contribution in [1.82, 2.24) is 5.32 Å². The summed E-state index contributed by atoms with van der Waals surface area (Å²) in [4.78, 5) is 10.9. The van der Waals surface area contributed by atoms with Gasteiger partial charge in [-0.25, -0.2) is 0 Å². The Morgan fingerprint density at radius 3 is 2.67 bits per heavy atom. The molecule has 2 nitrogen and oxygen atoms in total. The lowest BCUT2D eigenvalue weighted by Crippen LogP contribution is -2.38. The summed E-state index contributed by atoms with van der Waals surface area (Å²) in [5.74, 6) is 0.114. The van der Waals surface area contributed by atoms with Gasteiger partial charge in [-0.3, -0.25) is 4.79 Å². The van der Waals surface area contributed by atoms with E-state index < -0.39 is 0 Å². The van der Waals surface area contributed by atoms with Crippen molar-refractivity contribution in [2.45, 2.75) is 49.0 Å². The Hall–Kier alpha value is 0.200. The standard InChI is InChI=1S/C9H16INO/c1-7(12)11-9-6-4-2-3-5-8(9)10/h8-9H,2-6H2,1H3,(H,11,12)/t8-,9-/m1/s1. The van der Waals surface area contributed by atoms with Gasteiger partial charge < -0.3 is 5.32 Å². The quantitative estimate of drug-likeness (QED) is 0.446. The minimum absolute atomic E-state index is 0.114. The van der Waals surface area contributed by atoms with Gasteiger partial charge in [0.15, 0.2) is 0 Å². The van der Waals surface area contributed by atoms with Gasteiger partial charge in [0, 0.05) is 16.9 Å². The smallest absolute Gasteiger partial charge is 0.217 e. The normalized spacial score (nSPS) is 30.8. The first kappa shape index (κ1) is 10.3. The fraction of sp³-hybridized carbons (Fsp3) is 0.889. The summed E-state index contributed by atoms with van der Waals surface area (Å²) in [5.41, 5.74) is 0. The zero-order valence-corrected chi connectivity index (χ0v) is 9.63. The summed E-state index contributed by atoms with van der Waals surface area (Å²) in [6, 6.07) is 0.422. The van der Waals surface area contributed by atoms with Gasteiger partial charge in [-0.2, -0.15) is 0 Å². The van der Waals surface area contributed by atoms with E-state index in [1.165, 1.54) is 25.7 Å². The molecule has 0 bridgehead atoms. The molecule has 0 aromatic heterocycles. The van der Waals surface area contributed by atoms with E-state index in [0.29, 0.717) is 9.97 Å². The third-order valence-corrected chi connectivity index (χ3v) is 3.81. The minimum Gasteiger partial charge on any atom is -0.353 e. The number of rotatable bonds is 1. The maximum atomic E-state index is 10.9. The van der Waals surface area contributed by atoms with Crippen LogP contribution in [0.15, 0.2) is 0 Å². The number of hydrogen-bond acceptors (Lipinski definition) is 1. The number of amides is 1. The molecule has 1 fully saturated rings. The molecule has 1 N–H and O–H groups in total. The molecule has 0 saturated heterocycles. The van der Waals surface area contributed by atoms with Crippen LogP contribution in [0.25, 0.3) is 0 Å². The van der Waals surface area contributed by atoms with Crippen molar-refractivity contribution in [2.24, 2.45) is 0 Å². The topological polar surface area (TPSA) is 29.1 Å². The minimum atomic E-state index is 0.114. The zero-order valence-electron chi connectivity index (χ0n) is 7.48. The van der Waals surface area contributed by atoms with E-state index >= 15 is 0 Å². The molecular weight excluding hydrogens is 265 g/mol. The average molecular weight is 281 g/mol. The van der Waals surface area contributed by atoms with Crippen molar-refractivity contribution in [2.75, 3.05) is 0 Å². The first-order valence-electron chi connectivity index (χ1n) is 4.61. The van der Waals surface area contributed by atoms with Crippen LogP contribution in [0.4, 0.5) is 0 Å². The van der Waals surface area contributed by atoms with Gasteiger partial charge in [0.25, 0.3) is 0 Å². The predicted molar refractivity (Wildman–Crippen MR) is 58.5 cm³/mol. The van der Waals surface area contributed by atoms with Crippen molar-refractivity contribution in [3.63, 3.8) is 0 Å². The molecule has 1 amide bonds. The second kappa shape index (κ2) is 5.04. The molecule has 0 heterocycles. The molecule has 1 rings (SSSR count). The molecule has 0 spiro atoms. The van der Waals surface area contributed by atoms with Gasteiger partial charge in [-0.15, -0.1) is 0 Å². The summed E-state index contributed by atoms with van der Waals surface area (Å²) >= 11 is 2.46. The molecule has 0 aliphatic heterocycles. The van der Waals surface area contributed by atoms with Gasteiger partial charge in [-0.1, -0.05) is 41.9 Å². The maximum Gasteiger partial charge on any atom is 0.217 e. The van der Waals surface area contributed by atoms with Crippen molar-refractivity contribution in [3.05, 3.63) is 0 Å². The first-order chi connectivity index (χ1) is 5.70. The van der Waals surface area contributed by atoms with Crippen LogP contribution in [0.1, 0.15) is 39.0 Å². The monoisotopic (exact) mass is 281 g/mol. The van der Waals surface area contributed by atoms with Crippen molar-refractivity contribution >= 4 is 28.5 Å². The molecule has 2 atom stereocenters. The Morgan fingerprint density at radius 1 is 1.33 bits per heavy atom. The predicted octanol–water partition coefficient (Wildman–Crippen LogP) is 2.26. The number of nitrogens with one attached hydrogen (secondary N) is 1. The highest BCUT2D eigenvalue weighted by Crippen LogP contribution is 2.23. The molecule has 12 heavy (non-hydrogen) atoms. The van der Waals surface area contributed by atoms with Crippen molar-refractivity contribution in [3.8, 4) is 0 Å². The van der Waals surface area contributed by atoms with E-state index in [9.17, 15) is 4.79 Å². The van der Waals surface area contributed by atoms with Crippen LogP contribution in [-0.2, 0) is 4.79 Å². The van der Waals surface area contributed by atoms with Gasteiger partial charge in [0.05, 0.1) is 0 Å². The molecule has 0 aromatic rings. The van der Waals surface area contributed by atoms with E-state index in [1.54, 1.807) is 6.92 Å². The molecule has 0 unspecified atom stereocenters. The molecule has 1 aliphatic carbocycles. The summed E-state index contributed by atoms with van der Waals surface area (Å²) < 4.78 is 0.633. The highest BCUT2D eigenvalue weighted by molar-refractivity contribution is 14.1. The highest BCUT2D eigenvalue weighted by Gasteiger charge is 2.21. The number of hydrogen-bond donors (Lipinski definition) is 1. The van der Waals surface area contributed by atoms with Gasteiger partial charge in [0.2, 0.25) is 5.91 Å². The van der Waals surface area contributed by atoms with E-state index in [0.717, 1.165) is 6.42 Å². The third kappa shape index (κ3) is 3.29.